The van der Waals surface area contributed by atoms with Crippen molar-refractivity contribution >= 4 is 52.2 Å². The fourth-order valence-corrected chi connectivity index (χ4v) is 6.99. The molecule has 1 aromatic heterocycles. The van der Waals surface area contributed by atoms with Gasteiger partial charge in [-0.15, -0.1) is 0 Å². The molecular formula is C35H37Cl2N7O5. The van der Waals surface area contributed by atoms with Gasteiger partial charge in [0.05, 0.1) is 17.3 Å². The average molecular weight is 707 g/mol. The Morgan fingerprint density at radius 3 is 2.16 bits per heavy atom. The number of anilines is 3. The number of halogens is 2. The van der Waals surface area contributed by atoms with E-state index >= 15 is 0 Å². The predicted octanol–water partition coefficient (Wildman–Crippen LogP) is 5.44. The summed E-state index contributed by atoms with van der Waals surface area (Å²) in [5.41, 5.74) is 3.44. The van der Waals surface area contributed by atoms with Gasteiger partial charge in [-0.25, -0.2) is 19.4 Å². The number of hydrogen-bond acceptors (Lipinski definition) is 9. The molecule has 3 amide bonds. The van der Waals surface area contributed by atoms with Crippen molar-refractivity contribution in [3.63, 3.8) is 0 Å². The van der Waals surface area contributed by atoms with Crippen LogP contribution in [-0.2, 0) is 26.6 Å². The smallest absolute Gasteiger partial charge is 0.332 e. The monoisotopic (exact) mass is 705 g/mol. The highest BCUT2D eigenvalue weighted by Crippen LogP contribution is 2.40. The molecular weight excluding hydrogens is 669 g/mol. The van der Waals surface area contributed by atoms with Crippen LogP contribution in [-0.4, -0.2) is 89.7 Å². The Morgan fingerprint density at radius 2 is 1.57 bits per heavy atom. The zero-order chi connectivity index (χ0) is 34.1. The molecule has 0 N–H and O–H groups in total. The SMILES string of the molecule is CC(C)N1CC(=O)N(c2ccc(N3CCN(c4ccc(OC[C@@H]5CO[C@@](Cn6cncn6)(c6ccc(Cl)cc6Cl)O5)cc4)CC3)cc2)C1=O. The zero-order valence-corrected chi connectivity index (χ0v) is 28.8. The van der Waals surface area contributed by atoms with Crippen LogP contribution in [0.4, 0.5) is 21.9 Å². The van der Waals surface area contributed by atoms with Crippen LogP contribution in [0.5, 0.6) is 5.75 Å². The van der Waals surface area contributed by atoms with Gasteiger partial charge in [-0.05, 0) is 74.5 Å². The van der Waals surface area contributed by atoms with Gasteiger partial charge in [0.2, 0.25) is 5.79 Å². The lowest BCUT2D eigenvalue weighted by atomic mass is 10.1. The highest BCUT2D eigenvalue weighted by Gasteiger charge is 2.46. The Bertz CT molecular complexity index is 1780. The average Bonchev–Trinajstić information content (AvgIpc) is 3.84. The maximum Gasteiger partial charge on any atom is 0.332 e. The van der Waals surface area contributed by atoms with Crippen molar-refractivity contribution in [2.45, 2.75) is 38.3 Å². The summed E-state index contributed by atoms with van der Waals surface area (Å²) < 4.78 is 20.5. The zero-order valence-electron chi connectivity index (χ0n) is 27.2. The van der Waals surface area contributed by atoms with Crippen molar-refractivity contribution in [2.24, 2.45) is 0 Å². The van der Waals surface area contributed by atoms with E-state index in [1.54, 1.807) is 34.1 Å². The lowest BCUT2D eigenvalue weighted by molar-refractivity contribution is -0.190. The van der Waals surface area contributed by atoms with Gasteiger partial charge in [0.15, 0.2) is 0 Å². The third-order valence-corrected chi connectivity index (χ3v) is 9.59. The van der Waals surface area contributed by atoms with E-state index in [0.29, 0.717) is 27.9 Å². The number of hydrogen-bond donors (Lipinski definition) is 0. The number of ether oxygens (including phenoxy) is 3. The molecule has 3 aromatic carbocycles. The first-order valence-corrected chi connectivity index (χ1v) is 17.0. The normalized spacial score (nSPS) is 21.4. The largest absolute Gasteiger partial charge is 0.491 e. The number of urea groups is 1. The van der Waals surface area contributed by atoms with Crippen LogP contribution in [0, 0.1) is 0 Å². The third kappa shape index (κ3) is 6.91. The molecule has 12 nitrogen and oxygen atoms in total. The second-order valence-corrected chi connectivity index (χ2v) is 13.4. The molecule has 3 fully saturated rings. The van der Waals surface area contributed by atoms with Crippen LogP contribution < -0.4 is 19.4 Å². The molecule has 0 spiro atoms. The standard InChI is InChI=1S/C35H37Cl2N7O5/c1-24(2)43-18-33(45)44(34(43)46)28-6-4-26(5-7-28)40-13-15-41(16-14-40)27-8-10-29(11-9-27)47-19-30-20-48-35(49-30,21-42-23-38-22-39-42)31-12-3-25(36)17-32(31)37/h3-12,17,22-24,30H,13-16,18-21H2,1-2H3/t30-,35-/m1/s1. The minimum absolute atomic E-state index is 0.0256. The van der Waals surface area contributed by atoms with E-state index in [4.69, 9.17) is 37.4 Å². The van der Waals surface area contributed by atoms with Crippen LogP contribution in [0.3, 0.4) is 0 Å². The van der Waals surface area contributed by atoms with Gasteiger partial charge in [-0.1, -0.05) is 29.3 Å². The minimum atomic E-state index is -1.17. The van der Waals surface area contributed by atoms with Crippen molar-refractivity contribution in [3.05, 3.63) is 95.0 Å². The van der Waals surface area contributed by atoms with Gasteiger partial charge in [-0.2, -0.15) is 5.10 Å². The maximum atomic E-state index is 12.8. The summed E-state index contributed by atoms with van der Waals surface area (Å²) in [6.07, 6.45) is 2.72. The number of benzene rings is 3. The number of amides is 3. The lowest BCUT2D eigenvalue weighted by Gasteiger charge is -2.37. The fraction of sp³-hybridized carbons (Fsp3) is 0.371. The van der Waals surface area contributed by atoms with Gasteiger partial charge in [-0.3, -0.25) is 4.79 Å². The predicted molar refractivity (Wildman–Crippen MR) is 187 cm³/mol. The van der Waals surface area contributed by atoms with E-state index in [-0.39, 0.29) is 43.8 Å². The molecule has 3 saturated heterocycles. The molecule has 256 valence electrons. The van der Waals surface area contributed by atoms with Crippen molar-refractivity contribution in [2.75, 3.05) is 60.6 Å². The van der Waals surface area contributed by atoms with Crippen molar-refractivity contribution in [1.29, 1.82) is 0 Å². The molecule has 0 saturated carbocycles. The fourth-order valence-electron chi connectivity index (χ4n) is 6.44. The number of rotatable bonds is 10. The topological polar surface area (TPSA) is 106 Å². The second kappa shape index (κ2) is 13.9. The molecule has 0 aliphatic carbocycles. The van der Waals surface area contributed by atoms with E-state index in [1.165, 1.54) is 11.2 Å². The van der Waals surface area contributed by atoms with Crippen LogP contribution in [0.15, 0.2) is 79.4 Å². The van der Waals surface area contributed by atoms with Gasteiger partial charge in [0.1, 0.15) is 44.2 Å². The summed E-state index contributed by atoms with van der Waals surface area (Å²) >= 11 is 12.7. The summed E-state index contributed by atoms with van der Waals surface area (Å²) in [4.78, 5) is 36.8. The summed E-state index contributed by atoms with van der Waals surface area (Å²) in [5.74, 6) is -0.632. The highest BCUT2D eigenvalue weighted by atomic mass is 35.5. The van der Waals surface area contributed by atoms with Crippen LogP contribution in [0.1, 0.15) is 19.4 Å². The van der Waals surface area contributed by atoms with Crippen LogP contribution >= 0.6 is 23.2 Å². The van der Waals surface area contributed by atoms with Gasteiger partial charge in [0, 0.05) is 54.2 Å². The number of imide groups is 1. The number of carbonyl (C=O) groups excluding carboxylic acids is 2. The molecule has 4 heterocycles. The minimum Gasteiger partial charge on any atom is -0.491 e. The summed E-state index contributed by atoms with van der Waals surface area (Å²) in [6, 6.07) is 20.7. The highest BCUT2D eigenvalue weighted by molar-refractivity contribution is 6.35. The Kier molecular flexibility index (Phi) is 9.38. The first kappa shape index (κ1) is 33.2. The summed E-state index contributed by atoms with van der Waals surface area (Å²) in [6.45, 7) is 8.18. The molecule has 2 atom stereocenters. The van der Waals surface area contributed by atoms with Gasteiger partial charge >= 0.3 is 6.03 Å². The second-order valence-electron chi connectivity index (χ2n) is 12.5. The molecule has 0 bridgehead atoms. The first-order valence-electron chi connectivity index (χ1n) is 16.3. The molecule has 0 unspecified atom stereocenters. The number of aromatic nitrogens is 3. The third-order valence-electron chi connectivity index (χ3n) is 9.04. The van der Waals surface area contributed by atoms with Crippen LogP contribution in [0.2, 0.25) is 10.0 Å². The van der Waals surface area contributed by atoms with Crippen molar-refractivity contribution in [1.82, 2.24) is 19.7 Å². The molecule has 3 aliphatic rings. The van der Waals surface area contributed by atoms with E-state index < -0.39 is 5.79 Å². The molecule has 4 aromatic rings. The number of nitrogens with zero attached hydrogens (tertiary/aromatic N) is 7. The molecule has 14 heteroatoms. The summed E-state index contributed by atoms with van der Waals surface area (Å²) in [5, 5.41) is 5.19. The van der Waals surface area contributed by atoms with Gasteiger partial charge < -0.3 is 28.9 Å². The number of carbonyl (C=O) groups is 2. The van der Waals surface area contributed by atoms with Crippen LogP contribution in [0.25, 0.3) is 0 Å². The molecule has 7 rings (SSSR count). The quantitative estimate of drug-likeness (QED) is 0.200. The number of piperazine rings is 1. The molecule has 49 heavy (non-hydrogen) atoms. The summed E-state index contributed by atoms with van der Waals surface area (Å²) in [7, 11) is 0. The van der Waals surface area contributed by atoms with E-state index in [2.05, 4.69) is 32.0 Å². The Balaban J connectivity index is 0.920. The lowest BCUT2D eigenvalue weighted by Crippen LogP contribution is -2.46. The molecule has 0 radical (unpaired) electrons. The van der Waals surface area contributed by atoms with E-state index in [0.717, 1.165) is 43.3 Å². The van der Waals surface area contributed by atoms with E-state index in [1.807, 2.05) is 50.2 Å². The molecule has 3 aliphatic heterocycles. The Hall–Kier alpha value is -4.36. The Labute approximate surface area is 294 Å². The Morgan fingerprint density at radius 1 is 0.918 bits per heavy atom. The first-order chi connectivity index (χ1) is 23.7. The maximum absolute atomic E-state index is 12.8. The van der Waals surface area contributed by atoms with E-state index in [9.17, 15) is 9.59 Å². The van der Waals surface area contributed by atoms with Gasteiger partial charge in [0.25, 0.3) is 5.91 Å². The van der Waals surface area contributed by atoms with Crippen molar-refractivity contribution < 1.29 is 23.8 Å². The van der Waals surface area contributed by atoms with Crippen molar-refractivity contribution in [3.8, 4) is 5.75 Å².